The Bertz CT molecular complexity index is 390. The van der Waals surface area contributed by atoms with Crippen molar-refractivity contribution in [3.8, 4) is 0 Å². The molecule has 0 bridgehead atoms. The normalized spacial score (nSPS) is 12.5. The van der Waals surface area contributed by atoms with Crippen LogP contribution in [0.1, 0.15) is 25.8 Å². The number of aliphatic hydroxyl groups is 1. The number of nitrogens with one attached hydrogen (secondary N) is 1. The Labute approximate surface area is 108 Å². The van der Waals surface area contributed by atoms with E-state index in [2.05, 4.69) is 5.32 Å². The first-order chi connectivity index (χ1) is 8.52. The molecular weight excluding hydrogens is 230 g/mol. The molecule has 0 radical (unpaired) electrons. The fourth-order valence-electron chi connectivity index (χ4n) is 1.54. The Morgan fingerprint density at radius 2 is 2.17 bits per heavy atom. The molecule has 1 amide bonds. The molecule has 0 aliphatic heterocycles. The summed E-state index contributed by atoms with van der Waals surface area (Å²) >= 11 is 0. The Kier molecular flexibility index (Phi) is 5.82. The number of amides is 1. The van der Waals surface area contributed by atoms with Gasteiger partial charge < -0.3 is 15.2 Å². The van der Waals surface area contributed by atoms with Gasteiger partial charge in [-0.1, -0.05) is 26.0 Å². The molecule has 1 unspecified atom stereocenters. The maximum atomic E-state index is 11.7. The number of hydrogen-bond donors (Lipinski definition) is 2. The van der Waals surface area contributed by atoms with Crippen LogP contribution in [0.25, 0.3) is 0 Å². The summed E-state index contributed by atoms with van der Waals surface area (Å²) in [5, 5.41) is 12.4. The SMILES string of the molecule is COCc1cccc(NC(=O)CC(O)C(C)C)c1. The van der Waals surface area contributed by atoms with Crippen molar-refractivity contribution in [3.05, 3.63) is 29.8 Å². The summed E-state index contributed by atoms with van der Waals surface area (Å²) in [6.45, 7) is 4.28. The van der Waals surface area contributed by atoms with Gasteiger partial charge >= 0.3 is 0 Å². The lowest BCUT2D eigenvalue weighted by atomic mass is 10.0. The lowest BCUT2D eigenvalue weighted by Crippen LogP contribution is -2.23. The van der Waals surface area contributed by atoms with E-state index in [1.54, 1.807) is 7.11 Å². The van der Waals surface area contributed by atoms with Crippen molar-refractivity contribution < 1.29 is 14.6 Å². The van der Waals surface area contributed by atoms with Crippen LogP contribution in [-0.4, -0.2) is 24.2 Å². The van der Waals surface area contributed by atoms with Gasteiger partial charge in [-0.3, -0.25) is 4.79 Å². The Morgan fingerprint density at radius 3 is 2.78 bits per heavy atom. The molecular formula is C14H21NO3. The number of methoxy groups -OCH3 is 1. The zero-order valence-electron chi connectivity index (χ0n) is 11.1. The average Bonchev–Trinajstić information content (AvgIpc) is 2.29. The van der Waals surface area contributed by atoms with Crippen LogP contribution in [0.3, 0.4) is 0 Å². The fourth-order valence-corrected chi connectivity index (χ4v) is 1.54. The van der Waals surface area contributed by atoms with E-state index < -0.39 is 6.10 Å². The largest absolute Gasteiger partial charge is 0.392 e. The highest BCUT2D eigenvalue weighted by Gasteiger charge is 2.14. The maximum Gasteiger partial charge on any atom is 0.226 e. The van der Waals surface area contributed by atoms with Crippen LogP contribution in [0.2, 0.25) is 0 Å². The lowest BCUT2D eigenvalue weighted by Gasteiger charge is -2.14. The smallest absolute Gasteiger partial charge is 0.226 e. The summed E-state index contributed by atoms with van der Waals surface area (Å²) in [7, 11) is 1.63. The maximum absolute atomic E-state index is 11.7. The molecule has 4 heteroatoms. The van der Waals surface area contributed by atoms with E-state index in [4.69, 9.17) is 4.74 Å². The predicted molar refractivity (Wildman–Crippen MR) is 71.2 cm³/mol. The summed E-state index contributed by atoms with van der Waals surface area (Å²) < 4.78 is 5.03. The number of aliphatic hydroxyl groups excluding tert-OH is 1. The van der Waals surface area contributed by atoms with Crippen LogP contribution in [0.15, 0.2) is 24.3 Å². The molecule has 0 saturated heterocycles. The second kappa shape index (κ2) is 7.13. The van der Waals surface area contributed by atoms with Crippen LogP contribution < -0.4 is 5.32 Å². The standard InChI is InChI=1S/C14H21NO3/c1-10(2)13(16)8-14(17)15-12-6-4-5-11(7-12)9-18-3/h4-7,10,13,16H,8-9H2,1-3H3,(H,15,17). The molecule has 1 aromatic rings. The zero-order valence-corrected chi connectivity index (χ0v) is 11.1. The summed E-state index contributed by atoms with van der Waals surface area (Å²) in [6.07, 6.45) is -0.487. The third-order valence-electron chi connectivity index (χ3n) is 2.69. The number of carbonyl (C=O) groups excluding carboxylic acids is 1. The van der Waals surface area contributed by atoms with E-state index in [0.717, 1.165) is 11.3 Å². The van der Waals surface area contributed by atoms with E-state index in [9.17, 15) is 9.90 Å². The highest BCUT2D eigenvalue weighted by molar-refractivity contribution is 5.91. The minimum absolute atomic E-state index is 0.0792. The number of ether oxygens (including phenoxy) is 1. The van der Waals surface area contributed by atoms with E-state index in [1.165, 1.54) is 0 Å². The molecule has 18 heavy (non-hydrogen) atoms. The molecule has 100 valence electrons. The minimum atomic E-state index is -0.604. The quantitative estimate of drug-likeness (QED) is 0.814. The van der Waals surface area contributed by atoms with Crippen molar-refractivity contribution in [2.24, 2.45) is 5.92 Å². The molecule has 0 fully saturated rings. The van der Waals surface area contributed by atoms with Gasteiger partial charge in [0.1, 0.15) is 0 Å². The van der Waals surface area contributed by atoms with Crippen LogP contribution in [0.5, 0.6) is 0 Å². The average molecular weight is 251 g/mol. The van der Waals surface area contributed by atoms with Gasteiger partial charge in [0, 0.05) is 12.8 Å². The van der Waals surface area contributed by atoms with Gasteiger partial charge in [-0.2, -0.15) is 0 Å². The topological polar surface area (TPSA) is 58.6 Å². The van der Waals surface area contributed by atoms with E-state index in [-0.39, 0.29) is 18.2 Å². The van der Waals surface area contributed by atoms with Gasteiger partial charge in [0.2, 0.25) is 5.91 Å². The zero-order chi connectivity index (χ0) is 13.5. The molecule has 1 rings (SSSR count). The molecule has 0 aromatic heterocycles. The molecule has 0 aliphatic carbocycles. The third kappa shape index (κ3) is 4.85. The molecule has 1 atom stereocenters. The van der Waals surface area contributed by atoms with E-state index in [1.807, 2.05) is 38.1 Å². The number of benzene rings is 1. The van der Waals surface area contributed by atoms with Gasteiger partial charge in [-0.05, 0) is 23.6 Å². The van der Waals surface area contributed by atoms with E-state index in [0.29, 0.717) is 6.61 Å². The van der Waals surface area contributed by atoms with Crippen molar-refractivity contribution in [2.45, 2.75) is 33.0 Å². The molecule has 0 saturated carbocycles. The van der Waals surface area contributed by atoms with Gasteiger partial charge in [0.05, 0.1) is 19.1 Å². The summed E-state index contributed by atoms with van der Waals surface area (Å²) in [4.78, 5) is 11.7. The first-order valence-corrected chi connectivity index (χ1v) is 6.08. The number of carbonyl (C=O) groups is 1. The monoisotopic (exact) mass is 251 g/mol. The Hall–Kier alpha value is -1.39. The second-order valence-electron chi connectivity index (χ2n) is 4.70. The lowest BCUT2D eigenvalue weighted by molar-refractivity contribution is -0.118. The number of anilines is 1. The molecule has 0 heterocycles. The first kappa shape index (κ1) is 14.7. The third-order valence-corrected chi connectivity index (χ3v) is 2.69. The fraction of sp³-hybridized carbons (Fsp3) is 0.500. The van der Waals surface area contributed by atoms with Gasteiger partial charge in [0.25, 0.3) is 0 Å². The minimum Gasteiger partial charge on any atom is -0.392 e. The number of rotatable bonds is 6. The first-order valence-electron chi connectivity index (χ1n) is 6.08. The molecule has 2 N–H and O–H groups in total. The van der Waals surface area contributed by atoms with Crippen LogP contribution in [-0.2, 0) is 16.1 Å². The highest BCUT2D eigenvalue weighted by atomic mass is 16.5. The van der Waals surface area contributed by atoms with Crippen molar-refractivity contribution in [1.82, 2.24) is 0 Å². The molecule has 1 aromatic carbocycles. The van der Waals surface area contributed by atoms with Crippen LogP contribution in [0, 0.1) is 5.92 Å². The van der Waals surface area contributed by atoms with Crippen molar-refractivity contribution in [2.75, 3.05) is 12.4 Å². The Balaban J connectivity index is 2.56. The van der Waals surface area contributed by atoms with Gasteiger partial charge in [0.15, 0.2) is 0 Å². The van der Waals surface area contributed by atoms with Crippen molar-refractivity contribution in [1.29, 1.82) is 0 Å². The summed E-state index contributed by atoms with van der Waals surface area (Å²) in [5.74, 6) is -0.0960. The predicted octanol–water partition coefficient (Wildman–Crippen LogP) is 2.18. The van der Waals surface area contributed by atoms with Crippen LogP contribution in [0.4, 0.5) is 5.69 Å². The van der Waals surface area contributed by atoms with Gasteiger partial charge in [-0.15, -0.1) is 0 Å². The second-order valence-corrected chi connectivity index (χ2v) is 4.70. The summed E-state index contributed by atoms with van der Waals surface area (Å²) in [6, 6.07) is 7.48. The van der Waals surface area contributed by atoms with E-state index >= 15 is 0 Å². The van der Waals surface area contributed by atoms with Crippen LogP contribution >= 0.6 is 0 Å². The number of hydrogen-bond acceptors (Lipinski definition) is 3. The molecule has 4 nitrogen and oxygen atoms in total. The van der Waals surface area contributed by atoms with Crippen molar-refractivity contribution in [3.63, 3.8) is 0 Å². The van der Waals surface area contributed by atoms with Crippen molar-refractivity contribution >= 4 is 11.6 Å². The van der Waals surface area contributed by atoms with Gasteiger partial charge in [-0.25, -0.2) is 0 Å². The Morgan fingerprint density at radius 1 is 1.44 bits per heavy atom. The summed E-state index contributed by atoms with van der Waals surface area (Å²) in [5.41, 5.74) is 1.73. The molecule has 0 aliphatic rings. The molecule has 0 spiro atoms. The highest BCUT2D eigenvalue weighted by Crippen LogP contribution is 2.13.